The molecule has 5 rings (SSSR count). The number of unbranched alkanes of at least 4 members (excludes halogenated alkanes) is 1. The molecule has 3 aromatic rings. The van der Waals surface area contributed by atoms with Crippen LogP contribution < -0.4 is 24.6 Å². The molecular weight excluding hydrogens is 428 g/mol. The first kappa shape index (κ1) is 20.6. The number of thioether (sulfide) groups is 1. The number of amides is 1. The number of aromatic nitrogens is 3. The standard InChI is InChI=1S/C23H22N4O4S/c1-3-4-11-32-23-24-21(29)20-16-7-5-6-8-17(16)26(14(2)28)22(27(20)25-23)15-9-10-18-19(12-15)31-13-30-18/h5-10,12,22H,3-4,11,13H2,1-2H3/p+1. The molecule has 0 spiro atoms. The van der Waals surface area contributed by atoms with Crippen molar-refractivity contribution in [2.24, 2.45) is 0 Å². The van der Waals surface area contributed by atoms with Crippen molar-refractivity contribution in [3.63, 3.8) is 0 Å². The Kier molecular flexibility index (Phi) is 5.34. The molecule has 2 aromatic carbocycles. The van der Waals surface area contributed by atoms with E-state index in [0.717, 1.165) is 24.2 Å². The van der Waals surface area contributed by atoms with Crippen LogP contribution in [0.1, 0.15) is 38.4 Å². The summed E-state index contributed by atoms with van der Waals surface area (Å²) in [6, 6.07) is 13.0. The highest BCUT2D eigenvalue weighted by Crippen LogP contribution is 2.40. The van der Waals surface area contributed by atoms with Crippen LogP contribution in [0.15, 0.2) is 52.4 Å². The van der Waals surface area contributed by atoms with Gasteiger partial charge in [0.2, 0.25) is 17.9 Å². The quantitative estimate of drug-likeness (QED) is 0.364. The van der Waals surface area contributed by atoms with Gasteiger partial charge in [-0.3, -0.25) is 14.6 Å². The minimum atomic E-state index is -0.639. The lowest BCUT2D eigenvalue weighted by Crippen LogP contribution is -2.60. The first-order chi connectivity index (χ1) is 15.6. The summed E-state index contributed by atoms with van der Waals surface area (Å²) < 4.78 is 12.7. The Morgan fingerprint density at radius 1 is 1.25 bits per heavy atom. The van der Waals surface area contributed by atoms with Crippen LogP contribution >= 0.6 is 11.8 Å². The van der Waals surface area contributed by atoms with Crippen LogP contribution in [-0.2, 0) is 4.79 Å². The van der Waals surface area contributed by atoms with Crippen molar-refractivity contribution in [3.05, 3.63) is 58.4 Å². The number of rotatable bonds is 5. The van der Waals surface area contributed by atoms with Crippen molar-refractivity contribution < 1.29 is 19.0 Å². The van der Waals surface area contributed by atoms with E-state index in [1.807, 2.05) is 42.5 Å². The van der Waals surface area contributed by atoms with Crippen molar-refractivity contribution in [3.8, 4) is 22.8 Å². The molecule has 8 nitrogen and oxygen atoms in total. The Bertz CT molecular complexity index is 1260. The summed E-state index contributed by atoms with van der Waals surface area (Å²) >= 11 is 1.50. The SMILES string of the molecule is CCCCSc1n[n+]2c(c(=O)[nH]1)-c1ccccc1N(C(C)=O)C2c1ccc2c(c1)OCO2. The summed E-state index contributed by atoms with van der Waals surface area (Å²) in [6.45, 7) is 3.80. The van der Waals surface area contributed by atoms with Crippen molar-refractivity contribution in [1.82, 2.24) is 10.1 Å². The van der Waals surface area contributed by atoms with Gasteiger partial charge in [0.05, 0.1) is 11.3 Å². The number of fused-ring (bicyclic) bond motifs is 4. The largest absolute Gasteiger partial charge is 0.454 e. The lowest BCUT2D eigenvalue weighted by Gasteiger charge is -2.31. The van der Waals surface area contributed by atoms with E-state index in [1.165, 1.54) is 18.7 Å². The Hall–Kier alpha value is -3.33. The van der Waals surface area contributed by atoms with Gasteiger partial charge in [0.25, 0.3) is 6.17 Å². The molecule has 3 heterocycles. The predicted molar refractivity (Wildman–Crippen MR) is 120 cm³/mol. The minimum Gasteiger partial charge on any atom is -0.454 e. The molecule has 1 aromatic heterocycles. The first-order valence-corrected chi connectivity index (χ1v) is 11.5. The highest BCUT2D eigenvalue weighted by molar-refractivity contribution is 7.99. The van der Waals surface area contributed by atoms with E-state index >= 15 is 0 Å². The smallest absolute Gasteiger partial charge is 0.325 e. The molecule has 32 heavy (non-hydrogen) atoms. The van der Waals surface area contributed by atoms with E-state index in [-0.39, 0.29) is 18.3 Å². The highest BCUT2D eigenvalue weighted by Gasteiger charge is 2.45. The van der Waals surface area contributed by atoms with E-state index in [1.54, 1.807) is 9.58 Å². The topological polar surface area (TPSA) is 88.4 Å². The number of nitrogens with zero attached hydrogens (tertiary/aromatic N) is 3. The van der Waals surface area contributed by atoms with Gasteiger partial charge in [-0.1, -0.05) is 37.2 Å². The maximum absolute atomic E-state index is 13.2. The summed E-state index contributed by atoms with van der Waals surface area (Å²) in [7, 11) is 0. The molecule has 1 N–H and O–H groups in total. The molecule has 0 aliphatic carbocycles. The molecule has 0 bridgehead atoms. The number of carbonyl (C=O) groups excluding carboxylic acids is 1. The molecule has 0 radical (unpaired) electrons. The molecule has 164 valence electrons. The van der Waals surface area contributed by atoms with Crippen molar-refractivity contribution in [2.75, 3.05) is 17.4 Å². The molecule has 0 saturated carbocycles. The van der Waals surface area contributed by atoms with Crippen molar-refractivity contribution in [2.45, 2.75) is 38.0 Å². The van der Waals surface area contributed by atoms with E-state index in [2.05, 4.69) is 11.9 Å². The number of anilines is 1. The number of benzene rings is 2. The average molecular weight is 452 g/mol. The highest BCUT2D eigenvalue weighted by atomic mass is 32.2. The van der Waals surface area contributed by atoms with Crippen molar-refractivity contribution >= 4 is 23.4 Å². The molecule has 0 saturated heterocycles. The second-order valence-corrected chi connectivity index (χ2v) is 8.73. The van der Waals surface area contributed by atoms with Crippen LogP contribution in [0.4, 0.5) is 5.69 Å². The second-order valence-electron chi connectivity index (χ2n) is 7.65. The number of ether oxygens (including phenoxy) is 2. The van der Waals surface area contributed by atoms with E-state index < -0.39 is 6.17 Å². The number of H-pyrrole nitrogens is 1. The summed E-state index contributed by atoms with van der Waals surface area (Å²) in [4.78, 5) is 30.7. The van der Waals surface area contributed by atoms with Gasteiger partial charge in [-0.15, -0.1) is 0 Å². The van der Waals surface area contributed by atoms with E-state index in [9.17, 15) is 9.59 Å². The third kappa shape index (κ3) is 3.42. The third-order valence-electron chi connectivity index (χ3n) is 5.53. The molecular formula is C23H23N4O4S+. The van der Waals surface area contributed by atoms with Gasteiger partial charge in [-0.25, -0.2) is 4.90 Å². The number of carbonyl (C=O) groups is 1. The molecule has 2 aliphatic heterocycles. The summed E-state index contributed by atoms with van der Waals surface area (Å²) in [5.41, 5.74) is 2.29. The summed E-state index contributed by atoms with van der Waals surface area (Å²) in [6.07, 6.45) is 1.44. The fraction of sp³-hybridized carbons (Fsp3) is 0.304. The molecule has 0 fully saturated rings. The van der Waals surface area contributed by atoms with Gasteiger partial charge in [0, 0.05) is 23.3 Å². The lowest BCUT2D eigenvalue weighted by atomic mass is 10.0. The summed E-state index contributed by atoms with van der Waals surface area (Å²) in [5, 5.41) is 5.32. The number of aromatic amines is 1. The molecule has 1 amide bonds. The fourth-order valence-corrected chi connectivity index (χ4v) is 5.00. The zero-order valence-electron chi connectivity index (χ0n) is 17.8. The zero-order chi connectivity index (χ0) is 22.2. The fourth-order valence-electron chi connectivity index (χ4n) is 4.06. The van der Waals surface area contributed by atoms with Crippen LogP contribution in [-0.4, -0.2) is 28.5 Å². The normalized spacial score (nSPS) is 15.9. The first-order valence-electron chi connectivity index (χ1n) is 10.6. The van der Waals surface area contributed by atoms with Gasteiger partial charge < -0.3 is 9.47 Å². The Labute approximate surface area is 189 Å². The van der Waals surface area contributed by atoms with Gasteiger partial charge >= 0.3 is 11.3 Å². The number of para-hydroxylation sites is 1. The number of hydrogen-bond donors (Lipinski definition) is 1. The Morgan fingerprint density at radius 2 is 2.06 bits per heavy atom. The minimum absolute atomic E-state index is 0.152. The number of hydrogen-bond acceptors (Lipinski definition) is 6. The van der Waals surface area contributed by atoms with Gasteiger partial charge in [0.15, 0.2) is 11.5 Å². The van der Waals surface area contributed by atoms with E-state index in [4.69, 9.17) is 14.6 Å². The van der Waals surface area contributed by atoms with Gasteiger partial charge in [-0.05, 0) is 41.4 Å². The van der Waals surface area contributed by atoms with Gasteiger partial charge in [0.1, 0.15) is 0 Å². The van der Waals surface area contributed by atoms with Crippen LogP contribution in [0.3, 0.4) is 0 Å². The summed E-state index contributed by atoms with van der Waals surface area (Å²) in [5.74, 6) is 1.95. The molecule has 1 unspecified atom stereocenters. The molecule has 2 aliphatic rings. The lowest BCUT2D eigenvalue weighted by molar-refractivity contribution is -0.763. The maximum atomic E-state index is 13.2. The molecule has 9 heteroatoms. The van der Waals surface area contributed by atoms with Crippen LogP contribution in [0.25, 0.3) is 11.3 Å². The van der Waals surface area contributed by atoms with Crippen LogP contribution in [0.2, 0.25) is 0 Å². The maximum Gasteiger partial charge on any atom is 0.325 e. The number of nitrogens with one attached hydrogen (secondary N) is 1. The van der Waals surface area contributed by atoms with Crippen LogP contribution in [0.5, 0.6) is 11.5 Å². The average Bonchev–Trinajstić information content (AvgIpc) is 3.26. The monoisotopic (exact) mass is 451 g/mol. The van der Waals surface area contributed by atoms with Crippen molar-refractivity contribution in [1.29, 1.82) is 0 Å². The zero-order valence-corrected chi connectivity index (χ0v) is 18.6. The van der Waals surface area contributed by atoms with Crippen LogP contribution in [0, 0.1) is 0 Å². The predicted octanol–water partition coefficient (Wildman–Crippen LogP) is 3.26. The third-order valence-corrected chi connectivity index (χ3v) is 6.48. The Balaban J connectivity index is 1.73. The second kappa shape index (κ2) is 8.31. The van der Waals surface area contributed by atoms with Gasteiger partial charge in [-0.2, -0.15) is 0 Å². The van der Waals surface area contributed by atoms with E-state index in [0.29, 0.717) is 33.6 Å². The Morgan fingerprint density at radius 3 is 2.88 bits per heavy atom. The molecule has 1 atom stereocenters.